The van der Waals surface area contributed by atoms with Crippen molar-refractivity contribution < 1.29 is 4.79 Å². The quantitative estimate of drug-likeness (QED) is 0.698. The molecule has 1 aliphatic rings. The Morgan fingerprint density at radius 2 is 1.75 bits per heavy atom. The van der Waals surface area contributed by atoms with Gasteiger partial charge in [0.05, 0.1) is 0 Å². The van der Waals surface area contributed by atoms with E-state index in [1.54, 1.807) is 11.3 Å². The van der Waals surface area contributed by atoms with Crippen LogP contribution in [0.3, 0.4) is 0 Å². The summed E-state index contributed by atoms with van der Waals surface area (Å²) in [5.41, 5.74) is 0.899. The maximum atomic E-state index is 12.3. The summed E-state index contributed by atoms with van der Waals surface area (Å²) in [6.45, 7) is 0. The van der Waals surface area contributed by atoms with Crippen LogP contribution in [0.4, 0.5) is 0 Å². The lowest BCUT2D eigenvalue weighted by molar-refractivity contribution is 0.0898. The lowest BCUT2D eigenvalue weighted by atomic mass is 9.86. The van der Waals surface area contributed by atoms with E-state index in [0.29, 0.717) is 5.78 Å². The van der Waals surface area contributed by atoms with Crippen molar-refractivity contribution in [3.63, 3.8) is 0 Å². The molecular weight excluding hydrogens is 284 g/mol. The molecule has 0 radical (unpaired) electrons. The predicted octanol–water partition coefficient (Wildman–Crippen LogP) is 5.05. The van der Waals surface area contributed by atoms with Gasteiger partial charge in [0, 0.05) is 26.7 Å². The largest absolute Gasteiger partial charge is 0.294 e. The first-order chi connectivity index (χ1) is 7.79. The fourth-order valence-electron chi connectivity index (χ4n) is 2.40. The molecule has 88 valence electrons. The first kappa shape index (κ1) is 12.3. The molecule has 3 heteroatoms. The minimum atomic E-state index is 0.270. The molecule has 1 fully saturated rings. The van der Waals surface area contributed by atoms with Crippen LogP contribution in [-0.2, 0) is 0 Å². The van der Waals surface area contributed by atoms with Crippen LogP contribution in [0, 0.1) is 5.92 Å². The van der Waals surface area contributed by atoms with Gasteiger partial charge in [-0.2, -0.15) is 11.3 Å². The second-order valence-corrected chi connectivity index (χ2v) is 6.14. The van der Waals surface area contributed by atoms with Crippen molar-refractivity contribution in [3.05, 3.63) is 20.8 Å². The maximum absolute atomic E-state index is 12.3. The molecule has 1 aromatic heterocycles. The summed E-state index contributed by atoms with van der Waals surface area (Å²) in [5, 5.41) is 3.97. The van der Waals surface area contributed by atoms with Crippen LogP contribution in [0.25, 0.3) is 0 Å². The fourth-order valence-corrected chi connectivity index (χ4v) is 3.87. The van der Waals surface area contributed by atoms with Gasteiger partial charge >= 0.3 is 0 Å². The van der Waals surface area contributed by atoms with E-state index in [-0.39, 0.29) is 5.92 Å². The summed E-state index contributed by atoms with van der Waals surface area (Å²) in [4.78, 5) is 12.3. The van der Waals surface area contributed by atoms with Crippen LogP contribution in [0.1, 0.15) is 55.3 Å². The predicted molar refractivity (Wildman–Crippen MR) is 72.2 cm³/mol. The molecule has 0 bridgehead atoms. The Morgan fingerprint density at radius 1 is 1.12 bits per heavy atom. The first-order valence-corrected chi connectivity index (χ1v) is 7.78. The number of rotatable bonds is 2. The SMILES string of the molecule is O=C(c1cscc1Br)C1CCCCCCC1. The molecule has 0 atom stereocenters. The van der Waals surface area contributed by atoms with E-state index in [1.165, 1.54) is 32.1 Å². The number of carbonyl (C=O) groups excluding carboxylic acids is 1. The Balaban J connectivity index is 2.05. The number of hydrogen-bond donors (Lipinski definition) is 0. The van der Waals surface area contributed by atoms with Gasteiger partial charge in [-0.15, -0.1) is 0 Å². The van der Waals surface area contributed by atoms with Gasteiger partial charge < -0.3 is 0 Å². The molecule has 0 N–H and O–H groups in total. The van der Waals surface area contributed by atoms with E-state index >= 15 is 0 Å². The third kappa shape index (κ3) is 2.95. The monoisotopic (exact) mass is 300 g/mol. The molecule has 0 saturated heterocycles. The number of carbonyl (C=O) groups is 1. The zero-order chi connectivity index (χ0) is 11.4. The third-order valence-corrected chi connectivity index (χ3v) is 5.06. The van der Waals surface area contributed by atoms with Crippen molar-refractivity contribution in [3.8, 4) is 0 Å². The molecule has 1 nitrogen and oxygen atoms in total. The summed E-state index contributed by atoms with van der Waals surface area (Å²) in [6.07, 6.45) is 8.56. The smallest absolute Gasteiger partial charge is 0.167 e. The molecule has 1 aromatic rings. The topological polar surface area (TPSA) is 17.1 Å². The van der Waals surface area contributed by atoms with Crippen LogP contribution in [0.5, 0.6) is 0 Å². The summed E-state index contributed by atoms with van der Waals surface area (Å²) in [5.74, 6) is 0.626. The van der Waals surface area contributed by atoms with Gasteiger partial charge in [0.1, 0.15) is 0 Å². The van der Waals surface area contributed by atoms with Crippen LogP contribution in [-0.4, -0.2) is 5.78 Å². The van der Waals surface area contributed by atoms with E-state index in [9.17, 15) is 4.79 Å². The maximum Gasteiger partial charge on any atom is 0.167 e. The van der Waals surface area contributed by atoms with Gasteiger partial charge in [-0.05, 0) is 28.8 Å². The minimum Gasteiger partial charge on any atom is -0.294 e. The van der Waals surface area contributed by atoms with Crippen LogP contribution >= 0.6 is 27.3 Å². The van der Waals surface area contributed by atoms with Gasteiger partial charge in [-0.3, -0.25) is 4.79 Å². The molecule has 0 spiro atoms. The average molecular weight is 301 g/mol. The van der Waals surface area contributed by atoms with Gasteiger partial charge in [0.2, 0.25) is 0 Å². The zero-order valence-corrected chi connectivity index (χ0v) is 11.8. The van der Waals surface area contributed by atoms with Gasteiger partial charge in [-0.1, -0.05) is 32.1 Å². The molecule has 1 saturated carbocycles. The normalized spacial score (nSPS) is 19.1. The number of halogens is 1. The van der Waals surface area contributed by atoms with Gasteiger partial charge in [-0.25, -0.2) is 0 Å². The molecule has 0 amide bonds. The lowest BCUT2D eigenvalue weighted by Crippen LogP contribution is -2.16. The second-order valence-electron chi connectivity index (χ2n) is 4.54. The number of hydrogen-bond acceptors (Lipinski definition) is 2. The number of thiophene rings is 1. The molecule has 1 aliphatic carbocycles. The Bertz CT molecular complexity index is 351. The van der Waals surface area contributed by atoms with E-state index in [4.69, 9.17) is 0 Å². The van der Waals surface area contributed by atoms with Crippen molar-refractivity contribution in [1.82, 2.24) is 0 Å². The highest BCUT2D eigenvalue weighted by atomic mass is 79.9. The second kappa shape index (κ2) is 5.97. The highest BCUT2D eigenvalue weighted by Gasteiger charge is 2.22. The molecule has 2 rings (SSSR count). The molecule has 0 aliphatic heterocycles. The zero-order valence-electron chi connectivity index (χ0n) is 9.38. The fraction of sp³-hybridized carbons (Fsp3) is 0.615. The van der Waals surface area contributed by atoms with Crippen molar-refractivity contribution in [2.75, 3.05) is 0 Å². The Kier molecular flexibility index (Phi) is 4.59. The number of ketones is 1. The highest BCUT2D eigenvalue weighted by molar-refractivity contribution is 9.10. The lowest BCUT2D eigenvalue weighted by Gasteiger charge is -2.18. The molecule has 0 aromatic carbocycles. The van der Waals surface area contributed by atoms with Crippen LogP contribution in [0.15, 0.2) is 15.2 Å². The van der Waals surface area contributed by atoms with E-state index in [0.717, 1.165) is 22.9 Å². The Labute approximate surface area is 109 Å². The molecular formula is C13H17BrOS. The van der Waals surface area contributed by atoms with Crippen molar-refractivity contribution in [2.24, 2.45) is 5.92 Å². The summed E-state index contributed by atoms with van der Waals surface area (Å²) >= 11 is 5.06. The first-order valence-electron chi connectivity index (χ1n) is 6.05. The molecule has 0 unspecified atom stereocenters. The summed E-state index contributed by atoms with van der Waals surface area (Å²) in [6, 6.07) is 0. The Hall–Kier alpha value is -0.150. The molecule has 16 heavy (non-hydrogen) atoms. The van der Waals surface area contributed by atoms with Gasteiger partial charge in [0.15, 0.2) is 5.78 Å². The van der Waals surface area contributed by atoms with Crippen molar-refractivity contribution in [1.29, 1.82) is 0 Å². The average Bonchev–Trinajstić information content (AvgIpc) is 2.63. The van der Waals surface area contributed by atoms with Crippen molar-refractivity contribution in [2.45, 2.75) is 44.9 Å². The van der Waals surface area contributed by atoms with Gasteiger partial charge in [0.25, 0.3) is 0 Å². The van der Waals surface area contributed by atoms with Crippen molar-refractivity contribution >= 4 is 33.0 Å². The highest BCUT2D eigenvalue weighted by Crippen LogP contribution is 2.29. The number of Topliss-reactive ketones (excluding diaryl/α,β-unsaturated/α-hetero) is 1. The van der Waals surface area contributed by atoms with Crippen LogP contribution < -0.4 is 0 Å². The van der Waals surface area contributed by atoms with E-state index in [1.807, 2.05) is 10.8 Å². The van der Waals surface area contributed by atoms with Crippen LogP contribution in [0.2, 0.25) is 0 Å². The minimum absolute atomic E-state index is 0.270. The molecule has 1 heterocycles. The Morgan fingerprint density at radius 3 is 2.31 bits per heavy atom. The summed E-state index contributed by atoms with van der Waals surface area (Å²) in [7, 11) is 0. The summed E-state index contributed by atoms with van der Waals surface area (Å²) < 4.78 is 0.976. The van der Waals surface area contributed by atoms with E-state index < -0.39 is 0 Å². The third-order valence-electron chi connectivity index (χ3n) is 3.36. The standard InChI is InChI=1S/C13H17BrOS/c14-12-9-16-8-11(12)13(15)10-6-4-2-1-3-5-7-10/h8-10H,1-7H2. The van der Waals surface area contributed by atoms with E-state index in [2.05, 4.69) is 15.9 Å².